The third-order valence-corrected chi connectivity index (χ3v) is 5.41. The number of likely N-dealkylation sites (N-methyl/N-ethyl adjacent to an activating group) is 1. The summed E-state index contributed by atoms with van der Waals surface area (Å²) in [5.41, 5.74) is 3.06. The molecule has 110 valence electrons. The van der Waals surface area contributed by atoms with Gasteiger partial charge in [0.05, 0.1) is 0 Å². The predicted octanol–water partition coefficient (Wildman–Crippen LogP) is 3.38. The highest BCUT2D eigenvalue weighted by Crippen LogP contribution is 2.27. The van der Waals surface area contributed by atoms with E-state index in [0.29, 0.717) is 12.1 Å². The van der Waals surface area contributed by atoms with E-state index in [1.54, 1.807) is 0 Å². The lowest BCUT2D eigenvalue weighted by Crippen LogP contribution is -2.44. The zero-order valence-electron chi connectivity index (χ0n) is 12.5. The molecule has 1 aromatic carbocycles. The Morgan fingerprint density at radius 3 is 2.85 bits per heavy atom. The van der Waals surface area contributed by atoms with Crippen LogP contribution in [0.3, 0.4) is 0 Å². The highest BCUT2D eigenvalue weighted by Gasteiger charge is 2.29. The van der Waals surface area contributed by atoms with Crippen molar-refractivity contribution < 1.29 is 0 Å². The van der Waals surface area contributed by atoms with Crippen LogP contribution in [0, 0.1) is 0 Å². The van der Waals surface area contributed by atoms with Crippen molar-refractivity contribution in [1.29, 1.82) is 0 Å². The van der Waals surface area contributed by atoms with Crippen molar-refractivity contribution in [3.8, 4) is 0 Å². The molecule has 0 amide bonds. The second kappa shape index (κ2) is 6.17. The molecule has 0 bridgehead atoms. The minimum atomic E-state index is 0.647. The number of rotatable bonds is 5. The zero-order chi connectivity index (χ0) is 14.1. The quantitative estimate of drug-likeness (QED) is 0.886. The van der Waals surface area contributed by atoms with Crippen molar-refractivity contribution in [3.05, 3.63) is 33.8 Å². The van der Waals surface area contributed by atoms with Gasteiger partial charge in [0.25, 0.3) is 0 Å². The molecular weight excluding hydrogens is 312 g/mol. The molecule has 2 atom stereocenters. The Morgan fingerprint density at radius 1 is 1.30 bits per heavy atom. The van der Waals surface area contributed by atoms with Gasteiger partial charge in [0.1, 0.15) is 0 Å². The van der Waals surface area contributed by atoms with E-state index in [4.69, 9.17) is 0 Å². The monoisotopic (exact) mass is 336 g/mol. The number of nitrogens with one attached hydrogen (secondary N) is 1. The van der Waals surface area contributed by atoms with E-state index in [-0.39, 0.29) is 0 Å². The third kappa shape index (κ3) is 3.44. The number of nitrogens with zero attached hydrogens (tertiary/aromatic N) is 1. The molecule has 2 unspecified atom stereocenters. The largest absolute Gasteiger partial charge is 0.312 e. The van der Waals surface area contributed by atoms with Gasteiger partial charge in [0.15, 0.2) is 0 Å². The van der Waals surface area contributed by atoms with Crippen LogP contribution in [0.15, 0.2) is 22.7 Å². The van der Waals surface area contributed by atoms with E-state index in [0.717, 1.165) is 12.6 Å². The summed E-state index contributed by atoms with van der Waals surface area (Å²) >= 11 is 3.57. The number of aryl methyl sites for hydroxylation is 1. The minimum Gasteiger partial charge on any atom is -0.312 e. The molecule has 1 N–H and O–H groups in total. The molecule has 1 saturated carbocycles. The second-order valence-electron chi connectivity index (χ2n) is 6.51. The van der Waals surface area contributed by atoms with Crippen LogP contribution in [0.4, 0.5) is 0 Å². The fourth-order valence-corrected chi connectivity index (χ4v) is 3.63. The van der Waals surface area contributed by atoms with Crippen LogP contribution in [0.5, 0.6) is 0 Å². The summed E-state index contributed by atoms with van der Waals surface area (Å²) in [5.74, 6) is 0. The van der Waals surface area contributed by atoms with Crippen LogP contribution >= 0.6 is 15.9 Å². The first-order valence-electron chi connectivity index (χ1n) is 7.86. The summed E-state index contributed by atoms with van der Waals surface area (Å²) in [7, 11) is 2.28. The maximum Gasteiger partial charge on any atom is 0.0192 e. The van der Waals surface area contributed by atoms with Crippen LogP contribution in [-0.4, -0.2) is 36.6 Å². The molecule has 2 aliphatic rings. The first-order valence-corrected chi connectivity index (χ1v) is 8.65. The first kappa shape index (κ1) is 14.6. The lowest BCUT2D eigenvalue weighted by molar-refractivity contribution is 0.233. The Hall–Kier alpha value is -0.380. The van der Waals surface area contributed by atoms with Gasteiger partial charge in [-0.3, -0.25) is 4.90 Å². The Balaban J connectivity index is 1.51. The van der Waals surface area contributed by atoms with E-state index in [2.05, 4.69) is 58.3 Å². The maximum atomic E-state index is 3.79. The second-order valence-corrected chi connectivity index (χ2v) is 7.42. The van der Waals surface area contributed by atoms with Crippen LogP contribution in [-0.2, 0) is 12.8 Å². The molecule has 2 nitrogen and oxygen atoms in total. The molecule has 3 rings (SSSR count). The summed E-state index contributed by atoms with van der Waals surface area (Å²) in [4.78, 5) is 2.54. The van der Waals surface area contributed by atoms with Crippen LogP contribution in [0.25, 0.3) is 0 Å². The maximum absolute atomic E-state index is 3.79. The highest BCUT2D eigenvalue weighted by molar-refractivity contribution is 9.10. The summed E-state index contributed by atoms with van der Waals surface area (Å²) < 4.78 is 1.21. The van der Waals surface area contributed by atoms with Crippen molar-refractivity contribution in [2.45, 2.75) is 57.2 Å². The van der Waals surface area contributed by atoms with Crippen molar-refractivity contribution in [2.75, 3.05) is 13.6 Å². The molecule has 1 aromatic rings. The number of fused-ring (bicyclic) bond motifs is 1. The number of benzene rings is 1. The first-order chi connectivity index (χ1) is 9.63. The van der Waals surface area contributed by atoms with Gasteiger partial charge >= 0.3 is 0 Å². The fourth-order valence-electron chi connectivity index (χ4n) is 3.22. The molecule has 0 heterocycles. The van der Waals surface area contributed by atoms with Gasteiger partial charge in [0.2, 0.25) is 0 Å². The van der Waals surface area contributed by atoms with Crippen molar-refractivity contribution in [2.24, 2.45) is 0 Å². The molecule has 0 radical (unpaired) electrons. The van der Waals surface area contributed by atoms with Crippen molar-refractivity contribution in [1.82, 2.24) is 10.2 Å². The molecular formula is C17H25BrN2. The summed E-state index contributed by atoms with van der Waals surface area (Å²) in [6.07, 6.45) is 6.45. The van der Waals surface area contributed by atoms with Crippen LogP contribution in [0.2, 0.25) is 0 Å². The zero-order valence-corrected chi connectivity index (χ0v) is 14.1. The molecule has 2 aliphatic carbocycles. The number of hydrogen-bond acceptors (Lipinski definition) is 2. The Bertz CT molecular complexity index is 470. The summed E-state index contributed by atoms with van der Waals surface area (Å²) in [6, 6.07) is 8.90. The van der Waals surface area contributed by atoms with Crippen LogP contribution < -0.4 is 5.32 Å². The lowest BCUT2D eigenvalue weighted by Gasteiger charge is -2.30. The summed E-state index contributed by atoms with van der Waals surface area (Å²) in [5, 5.41) is 3.79. The third-order valence-electron chi connectivity index (χ3n) is 4.92. The van der Waals surface area contributed by atoms with Gasteiger partial charge in [0, 0.05) is 29.1 Å². The van der Waals surface area contributed by atoms with Crippen molar-refractivity contribution in [3.63, 3.8) is 0 Å². The molecule has 20 heavy (non-hydrogen) atoms. The van der Waals surface area contributed by atoms with Gasteiger partial charge in [-0.25, -0.2) is 0 Å². The van der Waals surface area contributed by atoms with E-state index < -0.39 is 0 Å². The SMILES string of the molecule is CC(CNC1CCc2cc(Br)ccc2C1)N(C)C1CC1. The van der Waals surface area contributed by atoms with E-state index in [1.165, 1.54) is 47.7 Å². The number of hydrogen-bond donors (Lipinski definition) is 1. The predicted molar refractivity (Wildman–Crippen MR) is 88.2 cm³/mol. The van der Waals surface area contributed by atoms with Gasteiger partial charge in [-0.1, -0.05) is 22.0 Å². The highest BCUT2D eigenvalue weighted by atomic mass is 79.9. The van der Waals surface area contributed by atoms with Gasteiger partial charge < -0.3 is 5.32 Å². The topological polar surface area (TPSA) is 15.3 Å². The molecule has 0 spiro atoms. The molecule has 0 saturated heterocycles. The average Bonchev–Trinajstić information content (AvgIpc) is 3.28. The van der Waals surface area contributed by atoms with Gasteiger partial charge in [-0.15, -0.1) is 0 Å². The van der Waals surface area contributed by atoms with E-state index in [1.807, 2.05) is 0 Å². The average molecular weight is 337 g/mol. The van der Waals surface area contributed by atoms with Crippen molar-refractivity contribution >= 4 is 15.9 Å². The normalized spacial score (nSPS) is 23.7. The van der Waals surface area contributed by atoms with Gasteiger partial charge in [-0.2, -0.15) is 0 Å². The lowest BCUT2D eigenvalue weighted by atomic mass is 9.88. The summed E-state index contributed by atoms with van der Waals surface area (Å²) in [6.45, 7) is 3.46. The molecule has 0 aliphatic heterocycles. The van der Waals surface area contributed by atoms with E-state index in [9.17, 15) is 0 Å². The van der Waals surface area contributed by atoms with E-state index >= 15 is 0 Å². The van der Waals surface area contributed by atoms with Gasteiger partial charge in [-0.05, 0) is 69.3 Å². The molecule has 0 aromatic heterocycles. The Labute approximate surface area is 131 Å². The Kier molecular flexibility index (Phi) is 4.49. The minimum absolute atomic E-state index is 0.647. The Morgan fingerprint density at radius 2 is 2.10 bits per heavy atom. The smallest absolute Gasteiger partial charge is 0.0192 e. The standard InChI is InChI=1S/C17H25BrN2/c1-12(20(2)17-7-8-17)11-19-16-6-4-13-9-15(18)5-3-14(13)10-16/h3,5,9,12,16-17,19H,4,6-8,10-11H2,1-2H3. The molecule has 3 heteroatoms. The number of halogens is 1. The fraction of sp³-hybridized carbons (Fsp3) is 0.647. The van der Waals surface area contributed by atoms with Crippen LogP contribution in [0.1, 0.15) is 37.3 Å². The molecule has 1 fully saturated rings.